The van der Waals surface area contributed by atoms with Gasteiger partial charge in [-0.25, -0.2) is 0 Å². The lowest BCUT2D eigenvalue weighted by Crippen LogP contribution is -2.32. The van der Waals surface area contributed by atoms with Gasteiger partial charge in [0.25, 0.3) is 0 Å². The fraction of sp³-hybridized carbons (Fsp3) is 0.538. The van der Waals surface area contributed by atoms with Crippen molar-refractivity contribution in [3.8, 4) is 5.75 Å². The molecule has 2 nitrogen and oxygen atoms in total. The van der Waals surface area contributed by atoms with Crippen LogP contribution in [-0.4, -0.2) is 19.3 Å². The normalized spacial score (nSPS) is 19.9. The van der Waals surface area contributed by atoms with E-state index in [-0.39, 0.29) is 6.04 Å². The summed E-state index contributed by atoms with van der Waals surface area (Å²) < 4.78 is 42.4. The van der Waals surface area contributed by atoms with Gasteiger partial charge in [0.1, 0.15) is 5.75 Å². The van der Waals surface area contributed by atoms with E-state index in [9.17, 15) is 13.2 Å². The molecule has 1 unspecified atom stereocenters. The number of ether oxygens (including phenoxy) is 1. The van der Waals surface area contributed by atoms with Crippen LogP contribution < -0.4 is 10.1 Å². The van der Waals surface area contributed by atoms with Crippen molar-refractivity contribution in [2.75, 3.05) is 13.2 Å². The SMILES string of the molecule is Cc1cccc2c1OCCCC2NCC(F)(F)F. The van der Waals surface area contributed by atoms with Gasteiger partial charge in [-0.1, -0.05) is 18.2 Å². The second kappa shape index (κ2) is 5.18. The van der Waals surface area contributed by atoms with Crippen molar-refractivity contribution in [1.82, 2.24) is 5.32 Å². The number of hydrogen-bond acceptors (Lipinski definition) is 2. The van der Waals surface area contributed by atoms with E-state index >= 15 is 0 Å². The number of hydrogen-bond donors (Lipinski definition) is 1. The van der Waals surface area contributed by atoms with Crippen molar-refractivity contribution in [1.29, 1.82) is 0 Å². The molecule has 1 heterocycles. The van der Waals surface area contributed by atoms with Crippen LogP contribution in [0.4, 0.5) is 13.2 Å². The van der Waals surface area contributed by atoms with Gasteiger partial charge in [-0.3, -0.25) is 0 Å². The highest BCUT2D eigenvalue weighted by Crippen LogP contribution is 2.34. The average Bonchev–Trinajstić information content (AvgIpc) is 2.49. The maximum absolute atomic E-state index is 12.3. The second-order valence-electron chi connectivity index (χ2n) is 4.53. The summed E-state index contributed by atoms with van der Waals surface area (Å²) in [5.74, 6) is 0.731. The van der Waals surface area contributed by atoms with Crippen LogP contribution in [-0.2, 0) is 0 Å². The van der Waals surface area contributed by atoms with Crippen LogP contribution in [0.25, 0.3) is 0 Å². The maximum Gasteiger partial charge on any atom is 0.401 e. The lowest BCUT2D eigenvalue weighted by atomic mass is 10.00. The summed E-state index contributed by atoms with van der Waals surface area (Å²) in [6.07, 6.45) is -2.77. The van der Waals surface area contributed by atoms with E-state index in [1.165, 1.54) is 0 Å². The van der Waals surface area contributed by atoms with Gasteiger partial charge in [0.05, 0.1) is 13.2 Å². The Morgan fingerprint density at radius 1 is 1.39 bits per heavy atom. The first-order valence-electron chi connectivity index (χ1n) is 6.00. The summed E-state index contributed by atoms with van der Waals surface area (Å²) in [6.45, 7) is 1.50. The van der Waals surface area contributed by atoms with E-state index in [2.05, 4.69) is 5.32 Å². The third-order valence-electron chi connectivity index (χ3n) is 3.05. The Morgan fingerprint density at radius 3 is 2.89 bits per heavy atom. The van der Waals surface area contributed by atoms with Crippen LogP contribution in [0.3, 0.4) is 0 Å². The zero-order valence-corrected chi connectivity index (χ0v) is 10.2. The van der Waals surface area contributed by atoms with E-state index in [0.29, 0.717) is 13.0 Å². The molecule has 0 fully saturated rings. The van der Waals surface area contributed by atoms with E-state index in [1.807, 2.05) is 25.1 Å². The zero-order valence-electron chi connectivity index (χ0n) is 10.2. The highest BCUT2D eigenvalue weighted by atomic mass is 19.4. The molecular weight excluding hydrogens is 243 g/mol. The standard InChI is InChI=1S/C13H16F3NO/c1-9-4-2-5-10-11(17-8-13(14,15)16)6-3-7-18-12(9)10/h2,4-5,11,17H,3,6-8H2,1H3. The monoisotopic (exact) mass is 259 g/mol. The minimum atomic E-state index is -4.18. The molecule has 2 rings (SSSR count). The molecule has 100 valence electrons. The number of aryl methyl sites for hydroxylation is 1. The molecule has 1 N–H and O–H groups in total. The molecule has 0 aromatic heterocycles. The number of halogens is 3. The highest BCUT2D eigenvalue weighted by Gasteiger charge is 2.29. The molecule has 1 aliphatic heterocycles. The molecule has 0 bridgehead atoms. The summed E-state index contributed by atoms with van der Waals surface area (Å²) in [7, 11) is 0. The number of benzene rings is 1. The molecule has 0 radical (unpaired) electrons. The fourth-order valence-electron chi connectivity index (χ4n) is 2.21. The van der Waals surface area contributed by atoms with Crippen LogP contribution in [0.5, 0.6) is 5.75 Å². The van der Waals surface area contributed by atoms with Crippen molar-refractivity contribution in [2.45, 2.75) is 32.0 Å². The first-order valence-corrected chi connectivity index (χ1v) is 6.00. The second-order valence-corrected chi connectivity index (χ2v) is 4.53. The van der Waals surface area contributed by atoms with Gasteiger partial charge in [-0.05, 0) is 25.3 Å². The Hall–Kier alpha value is -1.23. The number of nitrogens with one attached hydrogen (secondary N) is 1. The van der Waals surface area contributed by atoms with Gasteiger partial charge >= 0.3 is 6.18 Å². The molecule has 1 aliphatic rings. The topological polar surface area (TPSA) is 21.3 Å². The minimum Gasteiger partial charge on any atom is -0.493 e. The Kier molecular flexibility index (Phi) is 3.80. The predicted molar refractivity (Wildman–Crippen MR) is 62.7 cm³/mol. The van der Waals surface area contributed by atoms with Gasteiger partial charge in [-0.2, -0.15) is 13.2 Å². The van der Waals surface area contributed by atoms with E-state index in [4.69, 9.17) is 4.74 Å². The van der Waals surface area contributed by atoms with Gasteiger partial charge < -0.3 is 10.1 Å². The van der Waals surface area contributed by atoms with E-state index in [1.54, 1.807) is 0 Å². The van der Waals surface area contributed by atoms with Crippen LogP contribution in [0.1, 0.15) is 30.0 Å². The number of fused-ring (bicyclic) bond motifs is 1. The highest BCUT2D eigenvalue weighted by molar-refractivity contribution is 5.43. The summed E-state index contributed by atoms with van der Waals surface area (Å²) in [5.41, 5.74) is 1.80. The summed E-state index contributed by atoms with van der Waals surface area (Å²) in [6, 6.07) is 5.31. The zero-order chi connectivity index (χ0) is 13.2. The lowest BCUT2D eigenvalue weighted by Gasteiger charge is -2.20. The molecule has 0 amide bonds. The Labute approximate surface area is 104 Å². The number of rotatable bonds is 2. The molecule has 1 atom stereocenters. The summed E-state index contributed by atoms with van der Waals surface area (Å²) in [4.78, 5) is 0. The lowest BCUT2D eigenvalue weighted by molar-refractivity contribution is -0.126. The van der Waals surface area contributed by atoms with Crippen molar-refractivity contribution in [3.63, 3.8) is 0 Å². The maximum atomic E-state index is 12.3. The third-order valence-corrected chi connectivity index (χ3v) is 3.05. The minimum absolute atomic E-state index is 0.288. The smallest absolute Gasteiger partial charge is 0.401 e. The van der Waals surface area contributed by atoms with Crippen LogP contribution in [0, 0.1) is 6.92 Å². The molecule has 0 saturated carbocycles. The molecule has 1 aromatic carbocycles. The number of alkyl halides is 3. The molecular formula is C13H16F3NO. The van der Waals surface area contributed by atoms with Crippen molar-refractivity contribution < 1.29 is 17.9 Å². The van der Waals surface area contributed by atoms with E-state index < -0.39 is 12.7 Å². The number of para-hydroxylation sites is 1. The van der Waals surface area contributed by atoms with Crippen LogP contribution in [0.15, 0.2) is 18.2 Å². The summed E-state index contributed by atoms with van der Waals surface area (Å²) >= 11 is 0. The van der Waals surface area contributed by atoms with Crippen molar-refractivity contribution in [2.24, 2.45) is 0 Å². The van der Waals surface area contributed by atoms with Crippen LogP contribution >= 0.6 is 0 Å². The average molecular weight is 259 g/mol. The first kappa shape index (κ1) is 13.2. The Morgan fingerprint density at radius 2 is 2.17 bits per heavy atom. The largest absolute Gasteiger partial charge is 0.493 e. The Balaban J connectivity index is 2.20. The Bertz CT molecular complexity index is 417. The van der Waals surface area contributed by atoms with E-state index in [0.717, 1.165) is 23.3 Å². The molecule has 0 aliphatic carbocycles. The van der Waals surface area contributed by atoms with Gasteiger partial charge in [0.15, 0.2) is 0 Å². The third kappa shape index (κ3) is 3.16. The fourth-order valence-corrected chi connectivity index (χ4v) is 2.21. The molecule has 0 saturated heterocycles. The van der Waals surface area contributed by atoms with Crippen molar-refractivity contribution in [3.05, 3.63) is 29.3 Å². The van der Waals surface area contributed by atoms with Gasteiger partial charge in [0, 0.05) is 11.6 Å². The molecule has 18 heavy (non-hydrogen) atoms. The first-order chi connectivity index (χ1) is 8.47. The molecule has 5 heteroatoms. The molecule has 1 aromatic rings. The quantitative estimate of drug-likeness (QED) is 0.879. The van der Waals surface area contributed by atoms with Crippen LogP contribution in [0.2, 0.25) is 0 Å². The van der Waals surface area contributed by atoms with Gasteiger partial charge in [-0.15, -0.1) is 0 Å². The predicted octanol–water partition coefficient (Wildman–Crippen LogP) is 3.36. The summed E-state index contributed by atoms with van der Waals surface area (Å²) in [5, 5.41) is 2.58. The molecule has 0 spiro atoms. The van der Waals surface area contributed by atoms with Gasteiger partial charge in [0.2, 0.25) is 0 Å². The van der Waals surface area contributed by atoms with Crippen molar-refractivity contribution >= 4 is 0 Å².